The second kappa shape index (κ2) is 6.65. The minimum atomic E-state index is -1.04. The molecule has 1 saturated heterocycles. The van der Waals surface area contributed by atoms with Crippen LogP contribution in [0.5, 0.6) is 11.5 Å². The molecule has 7 heteroatoms. The third-order valence-corrected chi connectivity index (χ3v) is 3.78. The smallest absolute Gasteiger partial charge is 0.326 e. The molecule has 0 radical (unpaired) electrons. The van der Waals surface area contributed by atoms with Crippen molar-refractivity contribution in [3.05, 3.63) is 23.8 Å². The summed E-state index contributed by atoms with van der Waals surface area (Å²) < 4.78 is 15.5. The van der Waals surface area contributed by atoms with Gasteiger partial charge in [0.25, 0.3) is 5.91 Å². The van der Waals surface area contributed by atoms with Gasteiger partial charge in [0, 0.05) is 26.1 Å². The quantitative estimate of drug-likeness (QED) is 0.874. The molecule has 1 heterocycles. The molecule has 1 aliphatic heterocycles. The highest BCUT2D eigenvalue weighted by atomic mass is 16.5. The zero-order valence-corrected chi connectivity index (χ0v) is 12.7. The maximum Gasteiger partial charge on any atom is 0.326 e. The summed E-state index contributed by atoms with van der Waals surface area (Å²) in [6, 6.07) is 3.89. The van der Waals surface area contributed by atoms with Gasteiger partial charge in [-0.2, -0.15) is 0 Å². The molecule has 2 rings (SSSR count). The third-order valence-electron chi connectivity index (χ3n) is 3.78. The van der Waals surface area contributed by atoms with Gasteiger partial charge in [0.1, 0.15) is 17.5 Å². The van der Waals surface area contributed by atoms with Gasteiger partial charge in [-0.05, 0) is 12.1 Å². The highest BCUT2D eigenvalue weighted by Gasteiger charge is 2.40. The van der Waals surface area contributed by atoms with Gasteiger partial charge >= 0.3 is 5.97 Å². The Morgan fingerprint density at radius 1 is 1.23 bits per heavy atom. The Morgan fingerprint density at radius 3 is 2.50 bits per heavy atom. The molecular weight excluding hydrogens is 290 g/mol. The number of rotatable bonds is 5. The number of carboxylic acid groups (broad SMARTS) is 1. The third kappa shape index (κ3) is 2.99. The number of carbonyl (C=O) groups excluding carboxylic acids is 1. The van der Waals surface area contributed by atoms with Crippen molar-refractivity contribution in [3.8, 4) is 11.5 Å². The van der Waals surface area contributed by atoms with E-state index in [1.54, 1.807) is 18.2 Å². The Labute approximate surface area is 128 Å². The summed E-state index contributed by atoms with van der Waals surface area (Å²) in [7, 11) is 4.47. The fourth-order valence-electron chi connectivity index (χ4n) is 2.56. The van der Waals surface area contributed by atoms with E-state index >= 15 is 0 Å². The average Bonchev–Trinajstić information content (AvgIpc) is 2.98. The number of amides is 1. The average molecular weight is 309 g/mol. The van der Waals surface area contributed by atoms with Crippen molar-refractivity contribution in [1.82, 2.24) is 4.90 Å². The molecule has 7 nitrogen and oxygen atoms in total. The van der Waals surface area contributed by atoms with Crippen LogP contribution in [0.25, 0.3) is 0 Å². The van der Waals surface area contributed by atoms with Crippen LogP contribution in [-0.4, -0.2) is 61.9 Å². The lowest BCUT2D eigenvalue weighted by molar-refractivity contribution is -0.141. The van der Waals surface area contributed by atoms with Gasteiger partial charge in [0.2, 0.25) is 0 Å². The van der Waals surface area contributed by atoms with E-state index in [9.17, 15) is 14.7 Å². The number of nitrogens with zero attached hydrogens (tertiary/aromatic N) is 1. The summed E-state index contributed by atoms with van der Waals surface area (Å²) in [6.07, 6.45) is -0.00921. The molecule has 22 heavy (non-hydrogen) atoms. The van der Waals surface area contributed by atoms with Crippen molar-refractivity contribution in [2.24, 2.45) is 0 Å². The Morgan fingerprint density at radius 2 is 1.95 bits per heavy atom. The molecule has 120 valence electrons. The summed E-state index contributed by atoms with van der Waals surface area (Å²) in [5, 5.41) is 9.30. The van der Waals surface area contributed by atoms with E-state index in [1.165, 1.54) is 26.2 Å². The van der Waals surface area contributed by atoms with E-state index in [0.29, 0.717) is 17.1 Å². The van der Waals surface area contributed by atoms with E-state index in [-0.39, 0.29) is 19.1 Å². The number of hydrogen-bond donors (Lipinski definition) is 1. The predicted molar refractivity (Wildman–Crippen MR) is 77.4 cm³/mol. The molecule has 0 saturated carbocycles. The van der Waals surface area contributed by atoms with E-state index < -0.39 is 17.9 Å². The predicted octanol–water partition coefficient (Wildman–Crippen LogP) is 1.02. The fraction of sp³-hybridized carbons (Fsp3) is 0.467. The minimum absolute atomic E-state index is 0.238. The molecular formula is C15H19NO6. The molecule has 1 aliphatic rings. The van der Waals surface area contributed by atoms with Crippen molar-refractivity contribution in [2.75, 3.05) is 27.9 Å². The number of likely N-dealkylation sites (tertiary alicyclic amines) is 1. The summed E-state index contributed by atoms with van der Waals surface area (Å²) in [6.45, 7) is 0.238. The minimum Gasteiger partial charge on any atom is -0.497 e. The van der Waals surface area contributed by atoms with Crippen LogP contribution in [0.15, 0.2) is 18.2 Å². The van der Waals surface area contributed by atoms with Gasteiger partial charge < -0.3 is 24.2 Å². The summed E-state index contributed by atoms with van der Waals surface area (Å²) >= 11 is 0. The van der Waals surface area contributed by atoms with Crippen molar-refractivity contribution in [2.45, 2.75) is 18.6 Å². The van der Waals surface area contributed by atoms with E-state index in [4.69, 9.17) is 14.2 Å². The summed E-state index contributed by atoms with van der Waals surface area (Å²) in [5.74, 6) is -0.541. The van der Waals surface area contributed by atoms with Crippen LogP contribution in [0.3, 0.4) is 0 Å². The molecule has 1 fully saturated rings. The molecule has 0 aromatic heterocycles. The van der Waals surface area contributed by atoms with Crippen molar-refractivity contribution >= 4 is 11.9 Å². The van der Waals surface area contributed by atoms with Crippen LogP contribution < -0.4 is 9.47 Å². The van der Waals surface area contributed by atoms with Crippen LogP contribution in [0, 0.1) is 0 Å². The topological polar surface area (TPSA) is 85.3 Å². The van der Waals surface area contributed by atoms with Crippen LogP contribution in [-0.2, 0) is 9.53 Å². The number of carbonyl (C=O) groups is 2. The Bertz CT molecular complexity index is 573. The second-order valence-electron chi connectivity index (χ2n) is 4.97. The molecule has 2 atom stereocenters. The van der Waals surface area contributed by atoms with Gasteiger partial charge in [-0.3, -0.25) is 4.79 Å². The molecule has 1 N–H and O–H groups in total. The monoisotopic (exact) mass is 309 g/mol. The number of carboxylic acids is 1. The first-order valence-electron chi connectivity index (χ1n) is 6.80. The number of ether oxygens (including phenoxy) is 3. The molecule has 1 aromatic rings. The van der Waals surface area contributed by atoms with E-state index in [2.05, 4.69) is 0 Å². The van der Waals surface area contributed by atoms with Gasteiger partial charge in [-0.25, -0.2) is 4.79 Å². The lowest BCUT2D eigenvalue weighted by atomic mass is 10.1. The van der Waals surface area contributed by atoms with Crippen LogP contribution in [0.1, 0.15) is 16.8 Å². The van der Waals surface area contributed by atoms with E-state index in [1.807, 2.05) is 0 Å². The largest absolute Gasteiger partial charge is 0.497 e. The molecule has 0 spiro atoms. The van der Waals surface area contributed by atoms with Crippen molar-refractivity contribution in [3.63, 3.8) is 0 Å². The first-order chi connectivity index (χ1) is 10.5. The number of benzene rings is 1. The first-order valence-corrected chi connectivity index (χ1v) is 6.80. The Kier molecular flexibility index (Phi) is 4.87. The second-order valence-corrected chi connectivity index (χ2v) is 4.97. The lowest BCUT2D eigenvalue weighted by Gasteiger charge is -2.22. The number of hydrogen-bond acceptors (Lipinski definition) is 5. The highest BCUT2D eigenvalue weighted by molar-refractivity contribution is 5.99. The van der Waals surface area contributed by atoms with Crippen molar-refractivity contribution < 1.29 is 28.9 Å². The summed E-state index contributed by atoms with van der Waals surface area (Å²) in [4.78, 5) is 25.4. The van der Waals surface area contributed by atoms with Crippen LogP contribution >= 0.6 is 0 Å². The SMILES string of the molecule is COc1ccc(C(=O)N2CC(OC)CC2C(=O)O)c(OC)c1. The molecule has 0 bridgehead atoms. The molecule has 1 aromatic carbocycles. The highest BCUT2D eigenvalue weighted by Crippen LogP contribution is 2.29. The fourth-order valence-corrected chi connectivity index (χ4v) is 2.56. The standard InChI is InChI=1S/C15H19NO6/c1-20-9-4-5-11(13(7-9)22-3)14(17)16-8-10(21-2)6-12(16)15(18)19/h4-5,7,10,12H,6,8H2,1-3H3,(H,18,19). The Hall–Kier alpha value is -2.28. The van der Waals surface area contributed by atoms with Crippen molar-refractivity contribution in [1.29, 1.82) is 0 Å². The molecule has 0 aliphatic carbocycles. The lowest BCUT2D eigenvalue weighted by Crippen LogP contribution is -2.40. The summed E-state index contributed by atoms with van der Waals surface area (Å²) in [5.41, 5.74) is 0.298. The Balaban J connectivity index is 2.32. The van der Waals surface area contributed by atoms with Crippen LogP contribution in [0.2, 0.25) is 0 Å². The van der Waals surface area contributed by atoms with Gasteiger partial charge in [-0.15, -0.1) is 0 Å². The molecule has 1 amide bonds. The van der Waals surface area contributed by atoms with Gasteiger partial charge in [-0.1, -0.05) is 0 Å². The number of aliphatic carboxylic acids is 1. The normalized spacial score (nSPS) is 20.8. The van der Waals surface area contributed by atoms with Gasteiger partial charge in [0.15, 0.2) is 0 Å². The zero-order valence-electron chi connectivity index (χ0n) is 12.7. The van der Waals surface area contributed by atoms with Gasteiger partial charge in [0.05, 0.1) is 25.9 Å². The molecule has 2 unspecified atom stereocenters. The maximum atomic E-state index is 12.7. The maximum absolute atomic E-state index is 12.7. The van der Waals surface area contributed by atoms with Crippen LogP contribution in [0.4, 0.5) is 0 Å². The number of methoxy groups -OCH3 is 3. The zero-order chi connectivity index (χ0) is 16.3. The first kappa shape index (κ1) is 16.1. The van der Waals surface area contributed by atoms with E-state index in [0.717, 1.165) is 0 Å².